The van der Waals surface area contributed by atoms with Gasteiger partial charge in [-0.2, -0.15) is 0 Å². The van der Waals surface area contributed by atoms with Gasteiger partial charge in [0.05, 0.1) is 4.92 Å². The molecule has 0 aromatic carbocycles. The van der Waals surface area contributed by atoms with Gasteiger partial charge < -0.3 is 10.5 Å². The van der Waals surface area contributed by atoms with Gasteiger partial charge in [-0.05, 0) is 0 Å². The predicted octanol–water partition coefficient (Wildman–Crippen LogP) is -1.28. The number of primary amides is 1. The lowest BCUT2D eigenvalue weighted by molar-refractivity contribution is -0.555. The average molecular weight is 134 g/mol. The molecule has 9 heavy (non-hydrogen) atoms. The van der Waals surface area contributed by atoms with Crippen LogP contribution in [0.2, 0.25) is 0 Å². The lowest BCUT2D eigenvalue weighted by Crippen LogP contribution is -2.36. The molecule has 6 nitrogen and oxygen atoms in total. The third-order valence-corrected chi connectivity index (χ3v) is 0.658. The van der Waals surface area contributed by atoms with Crippen molar-refractivity contribution in [1.29, 1.82) is 0 Å². The molecule has 0 heterocycles. The second-order valence-electron chi connectivity index (χ2n) is 1.28. The van der Waals surface area contributed by atoms with Crippen molar-refractivity contribution in [3.8, 4) is 0 Å². The Morgan fingerprint density at radius 2 is 2.33 bits per heavy atom. The Kier molecular flexibility index (Phi) is 2.59. The Morgan fingerprint density at radius 3 is 2.33 bits per heavy atom. The zero-order valence-corrected chi connectivity index (χ0v) is 4.73. The molecule has 0 rings (SSSR count). The summed E-state index contributed by atoms with van der Waals surface area (Å²) in [5.41, 5.74) is 4.54. The third-order valence-electron chi connectivity index (χ3n) is 0.658. The monoisotopic (exact) mass is 134 g/mol. The fourth-order valence-electron chi connectivity index (χ4n) is 0.306. The fraction of sp³-hybridized carbons (Fsp3) is 0.667. The summed E-state index contributed by atoms with van der Waals surface area (Å²) in [4.78, 5) is 18.9. The summed E-state index contributed by atoms with van der Waals surface area (Å²) in [5.74, 6) is -1.09. The molecule has 0 aromatic rings. The highest BCUT2D eigenvalue weighted by Gasteiger charge is 2.25. The largest absolute Gasteiger partial charge is 0.394 e. The molecule has 0 aromatic heterocycles. The highest BCUT2D eigenvalue weighted by molar-refractivity contribution is 5.77. The van der Waals surface area contributed by atoms with E-state index in [1.165, 1.54) is 0 Å². The second-order valence-corrected chi connectivity index (χ2v) is 1.28. The smallest absolute Gasteiger partial charge is 0.361 e. The van der Waals surface area contributed by atoms with E-state index in [1.807, 2.05) is 0 Å². The van der Waals surface area contributed by atoms with Gasteiger partial charge in [0.25, 0.3) is 0 Å². The number of rotatable bonds is 3. The van der Waals surface area contributed by atoms with E-state index in [1.54, 1.807) is 0 Å². The summed E-state index contributed by atoms with van der Waals surface area (Å²) in [6, 6.07) is 0. The molecule has 52 valence electrons. The van der Waals surface area contributed by atoms with Crippen molar-refractivity contribution in [3.63, 3.8) is 0 Å². The van der Waals surface area contributed by atoms with Crippen molar-refractivity contribution < 1.29 is 14.5 Å². The molecule has 0 bridgehead atoms. The van der Waals surface area contributed by atoms with Crippen molar-refractivity contribution in [1.82, 2.24) is 0 Å². The molecule has 1 unspecified atom stereocenters. The molecule has 0 aliphatic heterocycles. The quantitative estimate of drug-likeness (QED) is 0.295. The first-order chi connectivity index (χ1) is 4.09. The SMILES string of the molecule is COC(C(N)=O)[N+](=O)[O-]. The van der Waals surface area contributed by atoms with Crippen LogP contribution in [0.15, 0.2) is 0 Å². The Bertz CT molecular complexity index is 120. The number of nitrogens with two attached hydrogens (primary N) is 1. The van der Waals surface area contributed by atoms with Crippen LogP contribution in [0.25, 0.3) is 0 Å². The summed E-state index contributed by atoms with van der Waals surface area (Å²) in [6.45, 7) is 0. The van der Waals surface area contributed by atoms with Crippen LogP contribution in [0.4, 0.5) is 0 Å². The second kappa shape index (κ2) is 2.98. The van der Waals surface area contributed by atoms with E-state index >= 15 is 0 Å². The maximum atomic E-state index is 10.0. The average Bonchev–Trinajstić information content (AvgIpc) is 1.64. The van der Waals surface area contributed by atoms with Crippen LogP contribution in [0.3, 0.4) is 0 Å². The van der Waals surface area contributed by atoms with E-state index in [9.17, 15) is 14.9 Å². The van der Waals surface area contributed by atoms with Crippen LogP contribution in [-0.2, 0) is 9.53 Å². The van der Waals surface area contributed by atoms with E-state index in [0.717, 1.165) is 7.11 Å². The highest BCUT2D eigenvalue weighted by atomic mass is 16.7. The molecule has 0 aliphatic carbocycles. The van der Waals surface area contributed by atoms with E-state index < -0.39 is 17.1 Å². The Morgan fingerprint density at radius 1 is 1.89 bits per heavy atom. The summed E-state index contributed by atoms with van der Waals surface area (Å²) in [6.07, 6.45) is -1.72. The van der Waals surface area contributed by atoms with Gasteiger partial charge in [-0.3, -0.25) is 14.9 Å². The maximum Gasteiger partial charge on any atom is 0.394 e. The van der Waals surface area contributed by atoms with Crippen molar-refractivity contribution >= 4 is 5.91 Å². The fourth-order valence-corrected chi connectivity index (χ4v) is 0.306. The van der Waals surface area contributed by atoms with Crippen molar-refractivity contribution in [2.75, 3.05) is 7.11 Å². The zero-order valence-electron chi connectivity index (χ0n) is 4.73. The number of ether oxygens (including phenoxy) is 1. The van der Waals surface area contributed by atoms with Crippen LogP contribution in [0.5, 0.6) is 0 Å². The number of carbonyl (C=O) groups is 1. The number of hydrogen-bond donors (Lipinski definition) is 1. The summed E-state index contributed by atoms with van der Waals surface area (Å²) in [5, 5.41) is 9.75. The molecule has 0 saturated carbocycles. The molecule has 6 heteroatoms. The summed E-state index contributed by atoms with van der Waals surface area (Å²) < 4.78 is 4.10. The van der Waals surface area contributed by atoms with Crippen LogP contribution in [0.1, 0.15) is 0 Å². The first-order valence-electron chi connectivity index (χ1n) is 2.05. The van der Waals surface area contributed by atoms with Gasteiger partial charge in [-0.15, -0.1) is 0 Å². The minimum Gasteiger partial charge on any atom is -0.361 e. The van der Waals surface area contributed by atoms with Crippen molar-refractivity contribution in [2.45, 2.75) is 6.23 Å². The lowest BCUT2D eigenvalue weighted by Gasteiger charge is -1.99. The summed E-state index contributed by atoms with van der Waals surface area (Å²) >= 11 is 0. The molecule has 0 fully saturated rings. The first kappa shape index (κ1) is 7.83. The minimum absolute atomic E-state index is 0.900. The van der Waals surface area contributed by atoms with Crippen LogP contribution < -0.4 is 5.73 Å². The number of nitro groups is 1. The van der Waals surface area contributed by atoms with Gasteiger partial charge in [0.15, 0.2) is 0 Å². The van der Waals surface area contributed by atoms with E-state index in [4.69, 9.17) is 0 Å². The number of methoxy groups -OCH3 is 1. The summed E-state index contributed by atoms with van der Waals surface area (Å²) in [7, 11) is 1.04. The Labute approximate surface area is 50.7 Å². The van der Waals surface area contributed by atoms with Gasteiger partial charge in [-0.25, -0.2) is 0 Å². The molecular weight excluding hydrogens is 128 g/mol. The number of amides is 1. The van der Waals surface area contributed by atoms with Crippen LogP contribution >= 0.6 is 0 Å². The third kappa shape index (κ3) is 2.04. The molecule has 1 atom stereocenters. The molecule has 2 N–H and O–H groups in total. The number of carbonyl (C=O) groups excluding carboxylic acids is 1. The van der Waals surface area contributed by atoms with E-state index in [0.29, 0.717) is 0 Å². The highest BCUT2D eigenvalue weighted by Crippen LogP contribution is 1.86. The molecule has 0 radical (unpaired) electrons. The van der Waals surface area contributed by atoms with Gasteiger partial charge in [0.1, 0.15) is 0 Å². The molecule has 0 aliphatic rings. The van der Waals surface area contributed by atoms with Crippen molar-refractivity contribution in [2.24, 2.45) is 5.73 Å². The molecule has 0 spiro atoms. The minimum atomic E-state index is -1.72. The van der Waals surface area contributed by atoms with E-state index in [-0.39, 0.29) is 0 Å². The normalized spacial score (nSPS) is 12.6. The van der Waals surface area contributed by atoms with Gasteiger partial charge in [0, 0.05) is 7.11 Å². The number of hydrogen-bond acceptors (Lipinski definition) is 4. The Hall–Kier alpha value is -1.17. The molecule has 0 saturated heterocycles. The van der Waals surface area contributed by atoms with Crippen LogP contribution in [-0.4, -0.2) is 24.2 Å². The van der Waals surface area contributed by atoms with E-state index in [2.05, 4.69) is 10.5 Å². The topological polar surface area (TPSA) is 95.5 Å². The number of nitrogens with zero attached hydrogens (tertiary/aromatic N) is 1. The first-order valence-corrected chi connectivity index (χ1v) is 2.05. The maximum absolute atomic E-state index is 10.0. The molecular formula is C3H6N2O4. The lowest BCUT2D eigenvalue weighted by atomic mass is 10.6. The van der Waals surface area contributed by atoms with Crippen LogP contribution in [0, 0.1) is 10.1 Å². The Balaban J connectivity index is 3.99. The van der Waals surface area contributed by atoms with Gasteiger partial charge in [0.2, 0.25) is 0 Å². The zero-order chi connectivity index (χ0) is 7.44. The predicted molar refractivity (Wildman–Crippen MR) is 27.0 cm³/mol. The standard InChI is InChI=1S/C3H6N2O4/c1-9-3(2(4)6)5(7)8/h3H,1H3,(H2,4,6). The molecule has 1 amide bonds. The van der Waals surface area contributed by atoms with Crippen molar-refractivity contribution in [3.05, 3.63) is 10.1 Å². The van der Waals surface area contributed by atoms with Gasteiger partial charge >= 0.3 is 12.1 Å². The van der Waals surface area contributed by atoms with Gasteiger partial charge in [-0.1, -0.05) is 0 Å².